The van der Waals surface area contributed by atoms with Crippen molar-refractivity contribution in [2.75, 3.05) is 38.2 Å². The highest BCUT2D eigenvalue weighted by molar-refractivity contribution is 14.0. The van der Waals surface area contributed by atoms with Crippen LogP contribution in [0.25, 0.3) is 0 Å². The Balaban J connectivity index is 0.00000300. The third-order valence-corrected chi connectivity index (χ3v) is 4.69. The van der Waals surface area contributed by atoms with E-state index in [0.717, 1.165) is 56.3 Å². The smallest absolute Gasteiger partial charge is 0.226 e. The van der Waals surface area contributed by atoms with Crippen molar-refractivity contribution in [3.05, 3.63) is 36.0 Å². The minimum atomic E-state index is 0. The molecule has 1 saturated heterocycles. The van der Waals surface area contributed by atoms with Gasteiger partial charge in [0.1, 0.15) is 5.75 Å². The largest absolute Gasteiger partial charge is 0.495 e. The highest BCUT2D eigenvalue weighted by Crippen LogP contribution is 2.30. The molecule has 0 spiro atoms. The van der Waals surface area contributed by atoms with Gasteiger partial charge in [0, 0.05) is 38.6 Å². The van der Waals surface area contributed by atoms with Crippen molar-refractivity contribution in [3.8, 4) is 5.75 Å². The van der Waals surface area contributed by atoms with E-state index in [1.54, 1.807) is 7.11 Å². The molecule has 1 aliphatic heterocycles. The number of rotatable bonds is 8. The van der Waals surface area contributed by atoms with Crippen molar-refractivity contribution in [2.24, 2.45) is 4.99 Å². The van der Waals surface area contributed by atoms with E-state index in [-0.39, 0.29) is 24.0 Å². The minimum Gasteiger partial charge on any atom is -0.495 e. The highest BCUT2D eigenvalue weighted by Gasteiger charge is 2.25. The van der Waals surface area contributed by atoms with Gasteiger partial charge in [-0.3, -0.25) is 4.99 Å². The Morgan fingerprint density at radius 2 is 2.21 bits per heavy atom. The molecular formula is C20H31IN6O2. The summed E-state index contributed by atoms with van der Waals surface area (Å²) in [5.41, 5.74) is 1.14. The zero-order chi connectivity index (χ0) is 19.8. The number of guanidine groups is 1. The number of methoxy groups -OCH3 is 1. The molecule has 160 valence electrons. The first-order valence-corrected chi connectivity index (χ1v) is 9.91. The quantitative estimate of drug-likeness (QED) is 0.243. The first-order chi connectivity index (χ1) is 13.7. The van der Waals surface area contributed by atoms with Crippen molar-refractivity contribution in [1.29, 1.82) is 0 Å². The van der Waals surface area contributed by atoms with Crippen LogP contribution in [0, 0.1) is 6.92 Å². The van der Waals surface area contributed by atoms with Gasteiger partial charge in [-0.15, -0.1) is 24.0 Å². The summed E-state index contributed by atoms with van der Waals surface area (Å²) in [7, 11) is 1.72. The Kier molecular flexibility index (Phi) is 9.49. The first-order valence-electron chi connectivity index (χ1n) is 9.91. The Morgan fingerprint density at radius 1 is 1.38 bits per heavy atom. The van der Waals surface area contributed by atoms with Gasteiger partial charge in [-0.25, -0.2) is 0 Å². The molecular weight excluding hydrogens is 483 g/mol. The molecule has 2 heterocycles. The van der Waals surface area contributed by atoms with Crippen molar-refractivity contribution in [1.82, 2.24) is 20.8 Å². The second-order valence-electron chi connectivity index (χ2n) is 6.85. The predicted octanol–water partition coefficient (Wildman–Crippen LogP) is 2.77. The molecule has 0 saturated carbocycles. The molecule has 9 heteroatoms. The van der Waals surface area contributed by atoms with Crippen LogP contribution in [-0.2, 0) is 6.42 Å². The van der Waals surface area contributed by atoms with Crippen LogP contribution in [-0.4, -0.2) is 55.4 Å². The zero-order valence-electron chi connectivity index (χ0n) is 17.4. The lowest BCUT2D eigenvalue weighted by Gasteiger charge is -2.22. The monoisotopic (exact) mass is 514 g/mol. The summed E-state index contributed by atoms with van der Waals surface area (Å²) in [6.07, 6.45) is 2.68. The van der Waals surface area contributed by atoms with Gasteiger partial charge in [-0.05, 0) is 38.8 Å². The second-order valence-corrected chi connectivity index (χ2v) is 6.85. The number of hydrogen-bond acceptors (Lipinski definition) is 6. The molecule has 0 bridgehead atoms. The van der Waals surface area contributed by atoms with Crippen LogP contribution in [0.1, 0.15) is 31.5 Å². The fourth-order valence-electron chi connectivity index (χ4n) is 3.36. The first kappa shape index (κ1) is 23.2. The maximum Gasteiger partial charge on any atom is 0.226 e. The fourth-order valence-corrected chi connectivity index (χ4v) is 3.36. The number of para-hydroxylation sites is 2. The van der Waals surface area contributed by atoms with E-state index in [2.05, 4.69) is 44.7 Å². The van der Waals surface area contributed by atoms with E-state index in [9.17, 15) is 0 Å². The summed E-state index contributed by atoms with van der Waals surface area (Å²) in [6, 6.07) is 8.52. The maximum absolute atomic E-state index is 5.50. The summed E-state index contributed by atoms with van der Waals surface area (Å²) in [5, 5.41) is 10.7. The van der Waals surface area contributed by atoms with Crippen LogP contribution < -0.4 is 20.3 Å². The third-order valence-electron chi connectivity index (χ3n) is 4.69. The predicted molar refractivity (Wildman–Crippen MR) is 125 cm³/mol. The number of nitrogens with one attached hydrogen (secondary N) is 2. The van der Waals surface area contributed by atoms with Crippen LogP contribution in [0.5, 0.6) is 5.75 Å². The van der Waals surface area contributed by atoms with Crippen molar-refractivity contribution in [2.45, 2.75) is 39.2 Å². The fraction of sp³-hybridized carbons (Fsp3) is 0.550. The lowest BCUT2D eigenvalue weighted by molar-refractivity contribution is 0.372. The van der Waals surface area contributed by atoms with Crippen LogP contribution in [0.15, 0.2) is 33.8 Å². The lowest BCUT2D eigenvalue weighted by Crippen LogP contribution is -2.44. The summed E-state index contributed by atoms with van der Waals surface area (Å²) in [6.45, 7) is 7.36. The number of aliphatic imine (C=N–C) groups is 1. The Labute approximate surface area is 189 Å². The molecule has 1 aromatic heterocycles. The van der Waals surface area contributed by atoms with E-state index in [4.69, 9.17) is 14.3 Å². The van der Waals surface area contributed by atoms with Crippen LogP contribution in [0.4, 0.5) is 5.69 Å². The van der Waals surface area contributed by atoms with Crippen molar-refractivity contribution in [3.63, 3.8) is 0 Å². The number of nitrogens with zero attached hydrogens (tertiary/aromatic N) is 4. The van der Waals surface area contributed by atoms with Gasteiger partial charge in [0.15, 0.2) is 11.8 Å². The Bertz CT molecular complexity index is 782. The Morgan fingerprint density at radius 3 is 2.93 bits per heavy atom. The molecule has 1 atom stereocenters. The average Bonchev–Trinajstić information content (AvgIpc) is 3.34. The van der Waals surface area contributed by atoms with Gasteiger partial charge in [0.25, 0.3) is 0 Å². The molecule has 29 heavy (non-hydrogen) atoms. The highest BCUT2D eigenvalue weighted by atomic mass is 127. The lowest BCUT2D eigenvalue weighted by atomic mass is 10.2. The number of anilines is 1. The summed E-state index contributed by atoms with van der Waals surface area (Å²) >= 11 is 0. The molecule has 0 aliphatic carbocycles. The number of aromatic nitrogens is 2. The molecule has 2 N–H and O–H groups in total. The van der Waals surface area contributed by atoms with Crippen LogP contribution >= 0.6 is 24.0 Å². The van der Waals surface area contributed by atoms with Gasteiger partial charge in [-0.1, -0.05) is 17.3 Å². The van der Waals surface area contributed by atoms with Crippen LogP contribution in [0.2, 0.25) is 0 Å². The Hall–Kier alpha value is -2.04. The number of ether oxygens (including phenoxy) is 1. The number of hydrogen-bond donors (Lipinski definition) is 2. The SMILES string of the molecule is CCNC(=NCCCc1nc(C)no1)NC1CCN(c2ccccc2OC)C1.I. The molecule has 0 amide bonds. The second kappa shape index (κ2) is 11.8. The van der Waals surface area contributed by atoms with Gasteiger partial charge in [0.2, 0.25) is 5.89 Å². The minimum absolute atomic E-state index is 0. The number of aryl methyl sites for hydroxylation is 2. The summed E-state index contributed by atoms with van der Waals surface area (Å²) < 4.78 is 10.6. The standard InChI is InChI=1S/C20H30N6O2.HI/c1-4-21-20(22-12-7-10-19-23-15(2)25-28-19)24-16-11-13-26(14-16)17-8-5-6-9-18(17)27-3;/h5-6,8-9,16H,4,7,10-14H2,1-3H3,(H2,21,22,24);1H. The van der Waals surface area contributed by atoms with Gasteiger partial charge < -0.3 is 24.8 Å². The third kappa shape index (κ3) is 6.76. The van der Waals surface area contributed by atoms with E-state index in [1.807, 2.05) is 19.1 Å². The molecule has 1 fully saturated rings. The van der Waals surface area contributed by atoms with Crippen molar-refractivity contribution < 1.29 is 9.26 Å². The van der Waals surface area contributed by atoms with Crippen LogP contribution in [0.3, 0.4) is 0 Å². The number of halogens is 1. The molecule has 8 nitrogen and oxygen atoms in total. The van der Waals surface area contributed by atoms with Crippen molar-refractivity contribution >= 4 is 35.6 Å². The normalized spacial score (nSPS) is 16.4. The van der Waals surface area contributed by atoms with E-state index < -0.39 is 0 Å². The van der Waals surface area contributed by atoms with Gasteiger partial charge >= 0.3 is 0 Å². The molecule has 1 unspecified atom stereocenters. The topological polar surface area (TPSA) is 87.8 Å². The van der Waals surface area contributed by atoms with E-state index >= 15 is 0 Å². The summed E-state index contributed by atoms with van der Waals surface area (Å²) in [5.74, 6) is 3.12. The van der Waals surface area contributed by atoms with E-state index in [1.165, 1.54) is 0 Å². The zero-order valence-corrected chi connectivity index (χ0v) is 19.7. The molecule has 1 aliphatic rings. The maximum atomic E-state index is 5.50. The number of benzene rings is 1. The molecule has 0 radical (unpaired) electrons. The molecule has 2 aromatic rings. The average molecular weight is 514 g/mol. The molecule has 3 rings (SSSR count). The summed E-state index contributed by atoms with van der Waals surface area (Å²) in [4.78, 5) is 11.3. The van der Waals surface area contributed by atoms with Gasteiger partial charge in [0.05, 0.1) is 12.8 Å². The van der Waals surface area contributed by atoms with E-state index in [0.29, 0.717) is 24.3 Å². The molecule has 1 aromatic carbocycles. The van der Waals surface area contributed by atoms with Gasteiger partial charge in [-0.2, -0.15) is 4.98 Å².